The van der Waals surface area contributed by atoms with Crippen LogP contribution in [0.1, 0.15) is 77.7 Å². The fourth-order valence-electron chi connectivity index (χ4n) is 4.41. The van der Waals surface area contributed by atoms with Crippen LogP contribution in [0.4, 0.5) is 0 Å². The van der Waals surface area contributed by atoms with Gasteiger partial charge in [0.25, 0.3) is 0 Å². The molecule has 1 aliphatic carbocycles. The molecule has 5 heteroatoms. The van der Waals surface area contributed by atoms with E-state index < -0.39 is 12.0 Å². The largest absolute Gasteiger partial charge is 0.480 e. The average molecular weight is 403 g/mol. The van der Waals surface area contributed by atoms with Crippen LogP contribution in [-0.2, 0) is 9.59 Å². The Morgan fingerprint density at radius 3 is 2.14 bits per heavy atom. The van der Waals surface area contributed by atoms with E-state index in [4.69, 9.17) is 0 Å². The van der Waals surface area contributed by atoms with Gasteiger partial charge in [-0.25, -0.2) is 4.79 Å². The van der Waals surface area contributed by atoms with E-state index in [0.29, 0.717) is 18.3 Å². The van der Waals surface area contributed by atoms with Crippen molar-refractivity contribution >= 4 is 11.9 Å². The number of hydrogen-bond donors (Lipinski definition) is 3. The summed E-state index contributed by atoms with van der Waals surface area (Å²) in [5, 5.41) is 15.6. The van der Waals surface area contributed by atoms with Crippen molar-refractivity contribution in [1.29, 1.82) is 0 Å². The van der Waals surface area contributed by atoms with Crippen molar-refractivity contribution in [3.05, 3.63) is 35.9 Å². The molecule has 2 rings (SSSR count). The highest BCUT2D eigenvalue weighted by Crippen LogP contribution is 2.37. The van der Waals surface area contributed by atoms with Gasteiger partial charge in [0, 0.05) is 6.04 Å². The molecule has 0 radical (unpaired) electrons. The highest BCUT2D eigenvalue weighted by molar-refractivity contribution is 5.87. The molecule has 1 aliphatic rings. The smallest absolute Gasteiger partial charge is 0.326 e. The summed E-state index contributed by atoms with van der Waals surface area (Å²) in [5.74, 6) is 0.169. The van der Waals surface area contributed by atoms with Crippen molar-refractivity contribution < 1.29 is 14.7 Å². The van der Waals surface area contributed by atoms with Crippen molar-refractivity contribution in [2.75, 3.05) is 0 Å². The zero-order valence-corrected chi connectivity index (χ0v) is 18.4. The van der Waals surface area contributed by atoms with Crippen LogP contribution in [0.25, 0.3) is 0 Å². The molecular weight excluding hydrogens is 364 g/mol. The maximum absolute atomic E-state index is 12.9. The van der Waals surface area contributed by atoms with Gasteiger partial charge in [-0.15, -0.1) is 0 Å². The standard InChI is InChI=1S/C24H38N2O3/c1-16(2)14-22(24(28)29)26-23(27)21(25-17(3)4)15-18-10-12-20(13-11-18)19-8-6-5-7-9-19/h5-9,16-18,20-22,25H,10-15H2,1-4H3,(H,26,27)(H,28,29)/t18?,20?,21-,22-/m0/s1. The van der Waals surface area contributed by atoms with Crippen LogP contribution >= 0.6 is 0 Å². The molecule has 1 saturated carbocycles. The van der Waals surface area contributed by atoms with Crippen molar-refractivity contribution in [3.63, 3.8) is 0 Å². The molecule has 0 unspecified atom stereocenters. The van der Waals surface area contributed by atoms with Crippen molar-refractivity contribution in [2.45, 2.75) is 90.3 Å². The third-order valence-electron chi connectivity index (χ3n) is 5.86. The topological polar surface area (TPSA) is 78.4 Å². The Bertz CT molecular complexity index is 637. The lowest BCUT2D eigenvalue weighted by Gasteiger charge is -2.32. The summed E-state index contributed by atoms with van der Waals surface area (Å²) in [4.78, 5) is 24.4. The molecule has 1 aromatic rings. The lowest BCUT2D eigenvalue weighted by molar-refractivity contribution is -0.142. The molecule has 0 heterocycles. The van der Waals surface area contributed by atoms with Crippen LogP contribution in [0.2, 0.25) is 0 Å². The van der Waals surface area contributed by atoms with Crippen LogP contribution in [-0.4, -0.2) is 35.1 Å². The van der Waals surface area contributed by atoms with Crippen LogP contribution in [0.3, 0.4) is 0 Å². The second kappa shape index (κ2) is 11.3. The monoisotopic (exact) mass is 402 g/mol. The van der Waals surface area contributed by atoms with Gasteiger partial charge in [0.2, 0.25) is 5.91 Å². The van der Waals surface area contributed by atoms with Gasteiger partial charge in [-0.05, 0) is 61.8 Å². The van der Waals surface area contributed by atoms with Crippen LogP contribution in [0, 0.1) is 11.8 Å². The zero-order valence-electron chi connectivity index (χ0n) is 18.4. The van der Waals surface area contributed by atoms with E-state index in [9.17, 15) is 14.7 Å². The number of carboxylic acids is 1. The van der Waals surface area contributed by atoms with Gasteiger partial charge < -0.3 is 15.7 Å². The third kappa shape index (κ3) is 7.81. The fraction of sp³-hybridized carbons (Fsp3) is 0.667. The lowest BCUT2D eigenvalue weighted by Crippen LogP contribution is -2.52. The van der Waals surface area contributed by atoms with E-state index >= 15 is 0 Å². The van der Waals surface area contributed by atoms with Gasteiger partial charge in [0.15, 0.2) is 0 Å². The number of carbonyl (C=O) groups is 2. The first-order valence-corrected chi connectivity index (χ1v) is 11.1. The van der Waals surface area contributed by atoms with E-state index in [2.05, 4.69) is 41.0 Å². The minimum atomic E-state index is -0.960. The Morgan fingerprint density at radius 1 is 1.00 bits per heavy atom. The number of rotatable bonds is 10. The fourth-order valence-corrected chi connectivity index (χ4v) is 4.41. The Balaban J connectivity index is 1.94. The summed E-state index contributed by atoms with van der Waals surface area (Å²) in [6, 6.07) is 9.67. The van der Waals surface area contributed by atoms with Crippen molar-refractivity contribution in [2.24, 2.45) is 11.8 Å². The second-order valence-electron chi connectivity index (χ2n) is 9.27. The van der Waals surface area contributed by atoms with Gasteiger partial charge >= 0.3 is 5.97 Å². The quantitative estimate of drug-likeness (QED) is 0.544. The van der Waals surface area contributed by atoms with Crippen LogP contribution in [0.5, 0.6) is 0 Å². The van der Waals surface area contributed by atoms with Gasteiger partial charge in [-0.2, -0.15) is 0 Å². The molecule has 0 aliphatic heterocycles. The van der Waals surface area contributed by atoms with Crippen LogP contribution in [0.15, 0.2) is 30.3 Å². The molecule has 1 fully saturated rings. The van der Waals surface area contributed by atoms with Gasteiger partial charge in [-0.1, -0.05) is 58.0 Å². The Hall–Kier alpha value is -1.88. The van der Waals surface area contributed by atoms with Gasteiger partial charge in [0.05, 0.1) is 6.04 Å². The van der Waals surface area contributed by atoms with Crippen LogP contribution < -0.4 is 10.6 Å². The highest BCUT2D eigenvalue weighted by atomic mass is 16.4. The molecule has 29 heavy (non-hydrogen) atoms. The molecule has 0 saturated heterocycles. The first kappa shape index (κ1) is 23.4. The molecule has 5 nitrogen and oxygen atoms in total. The van der Waals surface area contributed by atoms with E-state index in [1.807, 2.05) is 27.7 Å². The first-order chi connectivity index (χ1) is 13.8. The van der Waals surface area contributed by atoms with Crippen molar-refractivity contribution in [3.8, 4) is 0 Å². The van der Waals surface area contributed by atoms with E-state index in [0.717, 1.165) is 32.1 Å². The minimum Gasteiger partial charge on any atom is -0.480 e. The summed E-state index contributed by atoms with van der Waals surface area (Å²) < 4.78 is 0. The molecular formula is C24H38N2O3. The number of amides is 1. The average Bonchev–Trinajstić information content (AvgIpc) is 2.67. The number of benzene rings is 1. The summed E-state index contributed by atoms with van der Waals surface area (Å²) in [6.07, 6.45) is 5.72. The molecule has 0 aromatic heterocycles. The molecule has 0 bridgehead atoms. The van der Waals surface area contributed by atoms with E-state index in [1.54, 1.807) is 0 Å². The lowest BCUT2D eigenvalue weighted by atomic mass is 9.76. The number of nitrogens with one attached hydrogen (secondary N) is 2. The Morgan fingerprint density at radius 2 is 1.62 bits per heavy atom. The zero-order chi connectivity index (χ0) is 21.4. The number of carbonyl (C=O) groups excluding carboxylic acids is 1. The normalized spacial score (nSPS) is 21.7. The number of aliphatic carboxylic acids is 1. The van der Waals surface area contributed by atoms with Gasteiger partial charge in [-0.3, -0.25) is 4.79 Å². The molecule has 1 aromatic carbocycles. The summed E-state index contributed by atoms with van der Waals surface area (Å²) in [6.45, 7) is 7.99. The van der Waals surface area contributed by atoms with E-state index in [-0.39, 0.29) is 23.9 Å². The molecule has 2 atom stereocenters. The number of carboxylic acid groups (broad SMARTS) is 1. The first-order valence-electron chi connectivity index (χ1n) is 11.1. The summed E-state index contributed by atoms with van der Waals surface area (Å²) in [7, 11) is 0. The highest BCUT2D eigenvalue weighted by Gasteiger charge is 2.30. The molecule has 1 amide bonds. The Kier molecular flexibility index (Phi) is 9.15. The summed E-state index contributed by atoms with van der Waals surface area (Å²) >= 11 is 0. The maximum Gasteiger partial charge on any atom is 0.326 e. The summed E-state index contributed by atoms with van der Waals surface area (Å²) in [5.41, 5.74) is 1.42. The predicted molar refractivity (Wildman–Crippen MR) is 117 cm³/mol. The minimum absolute atomic E-state index is 0.166. The van der Waals surface area contributed by atoms with Gasteiger partial charge in [0.1, 0.15) is 6.04 Å². The molecule has 0 spiro atoms. The molecule has 162 valence electrons. The number of hydrogen-bond acceptors (Lipinski definition) is 3. The molecule has 3 N–H and O–H groups in total. The third-order valence-corrected chi connectivity index (χ3v) is 5.86. The predicted octanol–water partition coefficient (Wildman–Crippen LogP) is 4.33. The maximum atomic E-state index is 12.9. The SMILES string of the molecule is CC(C)C[C@H](NC(=O)[C@H](CC1CCC(c2ccccc2)CC1)NC(C)C)C(=O)O. The van der Waals surface area contributed by atoms with E-state index in [1.165, 1.54) is 5.56 Å². The Labute approximate surface area is 175 Å². The second-order valence-corrected chi connectivity index (χ2v) is 9.27. The van der Waals surface area contributed by atoms with Crippen molar-refractivity contribution in [1.82, 2.24) is 10.6 Å².